The fraction of sp³-hybridized carbons (Fsp3) is 0.500. The van der Waals surface area contributed by atoms with Crippen molar-refractivity contribution < 1.29 is 24.2 Å². The Labute approximate surface area is 104 Å². The maximum atomic E-state index is 12.0. The van der Waals surface area contributed by atoms with Crippen molar-refractivity contribution in [2.45, 2.75) is 25.4 Å². The lowest BCUT2D eigenvalue weighted by atomic mass is 9.94. The molecule has 0 atom stereocenters. The van der Waals surface area contributed by atoms with Crippen LogP contribution >= 0.6 is 0 Å². The van der Waals surface area contributed by atoms with Gasteiger partial charge in [-0.3, -0.25) is 4.79 Å². The number of carboxylic acid groups (broad SMARTS) is 1. The monoisotopic (exact) mass is 253 g/mol. The number of amides is 1. The van der Waals surface area contributed by atoms with E-state index in [4.69, 9.17) is 9.52 Å². The standard InChI is InChI=1S/C12H15NO5/c1-12(17)4-6-13(7-5-12)10(14)8-2-3-9(18-8)11(15)16/h2-3,17H,4-7H2,1H3,(H,15,16). The molecule has 2 heterocycles. The number of likely N-dealkylation sites (tertiary alicyclic amines) is 1. The van der Waals surface area contributed by atoms with Crippen LogP contribution in [0.2, 0.25) is 0 Å². The second-order valence-electron chi connectivity index (χ2n) is 4.76. The molecule has 1 aromatic rings. The normalized spacial score (nSPS) is 18.7. The fourth-order valence-electron chi connectivity index (χ4n) is 1.92. The SMILES string of the molecule is CC1(O)CCN(C(=O)c2ccc(C(=O)O)o2)CC1. The molecule has 6 nitrogen and oxygen atoms in total. The van der Waals surface area contributed by atoms with Gasteiger partial charge in [-0.2, -0.15) is 0 Å². The van der Waals surface area contributed by atoms with Crippen molar-refractivity contribution >= 4 is 11.9 Å². The summed E-state index contributed by atoms with van der Waals surface area (Å²) in [5.74, 6) is -1.76. The Morgan fingerprint density at radius 3 is 2.33 bits per heavy atom. The zero-order valence-corrected chi connectivity index (χ0v) is 10.0. The lowest BCUT2D eigenvalue weighted by Gasteiger charge is -2.35. The molecule has 1 aliphatic heterocycles. The van der Waals surface area contributed by atoms with Crippen LogP contribution in [0.4, 0.5) is 0 Å². The van der Waals surface area contributed by atoms with Gasteiger partial charge in [0.1, 0.15) is 0 Å². The zero-order valence-electron chi connectivity index (χ0n) is 10.0. The van der Waals surface area contributed by atoms with E-state index in [1.807, 2.05) is 0 Å². The van der Waals surface area contributed by atoms with Crippen molar-refractivity contribution in [2.24, 2.45) is 0 Å². The van der Waals surface area contributed by atoms with Gasteiger partial charge in [-0.05, 0) is 31.9 Å². The highest BCUT2D eigenvalue weighted by Gasteiger charge is 2.31. The number of hydrogen-bond acceptors (Lipinski definition) is 4. The Kier molecular flexibility index (Phi) is 3.13. The smallest absolute Gasteiger partial charge is 0.371 e. The maximum Gasteiger partial charge on any atom is 0.371 e. The third-order valence-electron chi connectivity index (χ3n) is 3.16. The fourth-order valence-corrected chi connectivity index (χ4v) is 1.92. The first-order chi connectivity index (χ1) is 8.39. The summed E-state index contributed by atoms with van der Waals surface area (Å²) in [7, 11) is 0. The summed E-state index contributed by atoms with van der Waals surface area (Å²) in [6.07, 6.45) is 1.01. The molecule has 0 spiro atoms. The molecule has 98 valence electrons. The Morgan fingerprint density at radius 1 is 1.28 bits per heavy atom. The van der Waals surface area contributed by atoms with E-state index in [9.17, 15) is 14.7 Å². The van der Waals surface area contributed by atoms with E-state index in [1.165, 1.54) is 12.1 Å². The van der Waals surface area contributed by atoms with Gasteiger partial charge in [0.2, 0.25) is 5.76 Å². The summed E-state index contributed by atoms with van der Waals surface area (Å²) in [5, 5.41) is 18.5. The van der Waals surface area contributed by atoms with Gasteiger partial charge in [-0.15, -0.1) is 0 Å². The van der Waals surface area contributed by atoms with Crippen molar-refractivity contribution in [3.8, 4) is 0 Å². The molecule has 2 rings (SSSR count). The van der Waals surface area contributed by atoms with Gasteiger partial charge in [0.25, 0.3) is 5.91 Å². The van der Waals surface area contributed by atoms with E-state index < -0.39 is 11.6 Å². The first kappa shape index (κ1) is 12.6. The molecule has 1 aromatic heterocycles. The minimum atomic E-state index is -1.20. The van der Waals surface area contributed by atoms with Crippen LogP contribution in [-0.4, -0.2) is 45.7 Å². The van der Waals surface area contributed by atoms with Gasteiger partial charge in [-0.25, -0.2) is 4.79 Å². The number of nitrogens with zero attached hydrogens (tertiary/aromatic N) is 1. The summed E-state index contributed by atoms with van der Waals surface area (Å²) >= 11 is 0. The molecule has 6 heteroatoms. The highest BCUT2D eigenvalue weighted by atomic mass is 16.4. The van der Waals surface area contributed by atoms with E-state index in [-0.39, 0.29) is 17.4 Å². The second kappa shape index (κ2) is 4.45. The summed E-state index contributed by atoms with van der Waals surface area (Å²) < 4.78 is 4.96. The van der Waals surface area contributed by atoms with E-state index in [0.29, 0.717) is 25.9 Å². The first-order valence-electron chi connectivity index (χ1n) is 5.74. The van der Waals surface area contributed by atoms with Crippen LogP contribution in [0.25, 0.3) is 0 Å². The number of carboxylic acids is 1. The molecule has 0 saturated carbocycles. The number of carbonyl (C=O) groups excluding carboxylic acids is 1. The molecule has 18 heavy (non-hydrogen) atoms. The summed E-state index contributed by atoms with van der Waals surface area (Å²) in [4.78, 5) is 24.2. The first-order valence-corrected chi connectivity index (χ1v) is 5.74. The molecular weight excluding hydrogens is 238 g/mol. The number of furan rings is 1. The average Bonchev–Trinajstić information content (AvgIpc) is 2.77. The minimum Gasteiger partial charge on any atom is -0.475 e. The van der Waals surface area contributed by atoms with Gasteiger partial charge in [0.15, 0.2) is 5.76 Å². The molecule has 1 fully saturated rings. The average molecular weight is 253 g/mol. The Hall–Kier alpha value is -1.82. The van der Waals surface area contributed by atoms with Crippen LogP contribution in [0.3, 0.4) is 0 Å². The van der Waals surface area contributed by atoms with Gasteiger partial charge in [0.05, 0.1) is 5.60 Å². The van der Waals surface area contributed by atoms with Crippen molar-refractivity contribution in [1.82, 2.24) is 4.90 Å². The predicted octanol–water partition coefficient (Wildman–Crippen LogP) is 0.965. The number of piperidine rings is 1. The number of aromatic carboxylic acids is 1. The molecule has 1 aliphatic rings. The van der Waals surface area contributed by atoms with Gasteiger partial charge < -0.3 is 19.5 Å². The van der Waals surface area contributed by atoms with E-state index in [1.54, 1.807) is 11.8 Å². The lowest BCUT2D eigenvalue weighted by Crippen LogP contribution is -2.45. The molecule has 1 saturated heterocycles. The Balaban J connectivity index is 2.05. The highest BCUT2D eigenvalue weighted by molar-refractivity contribution is 5.93. The minimum absolute atomic E-state index is 0.0222. The van der Waals surface area contributed by atoms with Gasteiger partial charge in [-0.1, -0.05) is 0 Å². The van der Waals surface area contributed by atoms with E-state index >= 15 is 0 Å². The van der Waals surface area contributed by atoms with Crippen LogP contribution < -0.4 is 0 Å². The molecule has 0 aromatic carbocycles. The van der Waals surface area contributed by atoms with E-state index in [0.717, 1.165) is 0 Å². The van der Waals surface area contributed by atoms with Crippen LogP contribution in [0.15, 0.2) is 16.5 Å². The quantitative estimate of drug-likeness (QED) is 0.819. The third kappa shape index (κ3) is 2.53. The number of rotatable bonds is 2. The van der Waals surface area contributed by atoms with Gasteiger partial charge in [0, 0.05) is 13.1 Å². The van der Waals surface area contributed by atoms with Crippen LogP contribution in [0, 0.1) is 0 Å². The van der Waals surface area contributed by atoms with Crippen molar-refractivity contribution in [1.29, 1.82) is 0 Å². The second-order valence-corrected chi connectivity index (χ2v) is 4.76. The highest BCUT2D eigenvalue weighted by Crippen LogP contribution is 2.22. The molecule has 0 radical (unpaired) electrons. The third-order valence-corrected chi connectivity index (χ3v) is 3.16. The number of aliphatic hydroxyl groups is 1. The summed E-state index contributed by atoms with van der Waals surface area (Å²) in [5.41, 5.74) is -0.730. The molecule has 1 amide bonds. The zero-order chi connectivity index (χ0) is 13.3. The molecular formula is C12H15NO5. The largest absolute Gasteiger partial charge is 0.475 e. The lowest BCUT2D eigenvalue weighted by molar-refractivity contribution is -0.00290. The van der Waals surface area contributed by atoms with Crippen molar-refractivity contribution in [2.75, 3.05) is 13.1 Å². The van der Waals surface area contributed by atoms with Crippen LogP contribution in [0.5, 0.6) is 0 Å². The number of carbonyl (C=O) groups is 2. The van der Waals surface area contributed by atoms with Crippen molar-refractivity contribution in [3.63, 3.8) is 0 Å². The Morgan fingerprint density at radius 2 is 1.83 bits per heavy atom. The summed E-state index contributed by atoms with van der Waals surface area (Å²) in [6.45, 7) is 2.62. The van der Waals surface area contributed by atoms with Gasteiger partial charge >= 0.3 is 5.97 Å². The Bertz CT molecular complexity index is 467. The van der Waals surface area contributed by atoms with E-state index in [2.05, 4.69) is 0 Å². The predicted molar refractivity (Wildman–Crippen MR) is 61.4 cm³/mol. The molecule has 0 unspecified atom stereocenters. The number of hydrogen-bond donors (Lipinski definition) is 2. The van der Waals surface area contributed by atoms with Crippen molar-refractivity contribution in [3.05, 3.63) is 23.7 Å². The molecule has 0 bridgehead atoms. The van der Waals surface area contributed by atoms with Crippen LogP contribution in [0.1, 0.15) is 40.9 Å². The molecule has 2 N–H and O–H groups in total. The van der Waals surface area contributed by atoms with Crippen LogP contribution in [-0.2, 0) is 0 Å². The molecule has 0 aliphatic carbocycles. The topological polar surface area (TPSA) is 91.0 Å². The summed E-state index contributed by atoms with van der Waals surface area (Å²) in [6, 6.07) is 2.62. The maximum absolute atomic E-state index is 12.0.